The van der Waals surface area contributed by atoms with Gasteiger partial charge >= 0.3 is 0 Å². The van der Waals surface area contributed by atoms with Crippen molar-refractivity contribution in [2.45, 2.75) is 22.5 Å². The molecule has 1 heterocycles. The lowest BCUT2D eigenvalue weighted by atomic mass is 9.81. The van der Waals surface area contributed by atoms with Crippen LogP contribution in [0.4, 0.5) is 11.4 Å². The molecular weight excluding hydrogens is 548 g/mol. The first-order valence-corrected chi connectivity index (χ1v) is 12.8. The van der Waals surface area contributed by atoms with Gasteiger partial charge in [0, 0.05) is 21.0 Å². The number of para-hydroxylation sites is 1. The lowest BCUT2D eigenvalue weighted by Crippen LogP contribution is -2.41. The highest BCUT2D eigenvalue weighted by molar-refractivity contribution is 9.12. The smallest absolute Gasteiger partial charge is 0.251 e. The van der Waals surface area contributed by atoms with E-state index in [0.29, 0.717) is 24.2 Å². The maximum absolute atomic E-state index is 13.6. The standard InChI is InChI=1S/C26H22Br2N2O3/c27-22-13-20-21(14-23(22)28)26(33)29(25(20)32)15-24(31)30(18-8-2-1-3-9-18)19-11-10-16-6-4-5-7-17(16)12-19/h1-12,20-23H,13-15H2/t20-,21-,22+,23+/m1/s1. The average Bonchev–Trinajstić information content (AvgIpc) is 3.04. The molecule has 5 rings (SSSR count). The topological polar surface area (TPSA) is 57.7 Å². The van der Waals surface area contributed by atoms with Gasteiger partial charge in [-0.25, -0.2) is 0 Å². The van der Waals surface area contributed by atoms with Crippen LogP contribution in [0.2, 0.25) is 0 Å². The third-order valence-electron chi connectivity index (χ3n) is 6.55. The highest BCUT2D eigenvalue weighted by Gasteiger charge is 2.52. The Balaban J connectivity index is 1.47. The molecule has 2 fully saturated rings. The van der Waals surface area contributed by atoms with E-state index in [1.807, 2.05) is 72.8 Å². The van der Waals surface area contributed by atoms with Gasteiger partial charge in [-0.15, -0.1) is 0 Å². The number of alkyl halides is 2. The Kier molecular flexibility index (Phi) is 6.10. The van der Waals surface area contributed by atoms with Gasteiger partial charge in [-0.2, -0.15) is 0 Å². The number of imide groups is 1. The predicted molar refractivity (Wildman–Crippen MR) is 136 cm³/mol. The van der Waals surface area contributed by atoms with Crippen LogP contribution >= 0.6 is 31.9 Å². The Bertz CT molecular complexity index is 1200. The van der Waals surface area contributed by atoms with E-state index < -0.39 is 0 Å². The van der Waals surface area contributed by atoms with Crippen molar-refractivity contribution in [3.05, 3.63) is 72.8 Å². The Hall–Kier alpha value is -2.51. The summed E-state index contributed by atoms with van der Waals surface area (Å²) in [5.74, 6) is -1.53. The lowest BCUT2D eigenvalue weighted by molar-refractivity contribution is -0.143. The third-order valence-corrected chi connectivity index (χ3v) is 9.28. The average molecular weight is 570 g/mol. The summed E-state index contributed by atoms with van der Waals surface area (Å²) < 4.78 is 0. The molecule has 5 nitrogen and oxygen atoms in total. The molecule has 7 heteroatoms. The number of amides is 3. The van der Waals surface area contributed by atoms with Gasteiger partial charge in [0.05, 0.1) is 11.8 Å². The summed E-state index contributed by atoms with van der Waals surface area (Å²) in [6, 6.07) is 23.1. The largest absolute Gasteiger partial charge is 0.280 e. The van der Waals surface area contributed by atoms with Gasteiger partial charge in [-0.05, 0) is 47.9 Å². The molecule has 0 bridgehead atoms. The van der Waals surface area contributed by atoms with Crippen molar-refractivity contribution >= 4 is 71.7 Å². The van der Waals surface area contributed by atoms with Gasteiger partial charge in [0.15, 0.2) is 0 Å². The molecule has 1 saturated heterocycles. The van der Waals surface area contributed by atoms with E-state index in [2.05, 4.69) is 31.9 Å². The summed E-state index contributed by atoms with van der Waals surface area (Å²) in [7, 11) is 0. The van der Waals surface area contributed by atoms with Crippen LogP contribution in [-0.4, -0.2) is 38.8 Å². The molecule has 1 aliphatic heterocycles. The zero-order valence-electron chi connectivity index (χ0n) is 17.7. The Morgan fingerprint density at radius 1 is 0.788 bits per heavy atom. The molecule has 1 saturated carbocycles. The first kappa shape index (κ1) is 22.3. The normalized spacial score (nSPS) is 24.7. The van der Waals surface area contributed by atoms with Crippen LogP contribution in [0.15, 0.2) is 72.8 Å². The van der Waals surface area contributed by atoms with E-state index >= 15 is 0 Å². The minimum absolute atomic E-state index is 0.129. The molecule has 0 aromatic heterocycles. The summed E-state index contributed by atoms with van der Waals surface area (Å²) >= 11 is 7.22. The van der Waals surface area contributed by atoms with Crippen molar-refractivity contribution in [2.75, 3.05) is 11.4 Å². The number of carbonyl (C=O) groups excluding carboxylic acids is 3. The van der Waals surface area contributed by atoms with E-state index in [9.17, 15) is 14.4 Å². The van der Waals surface area contributed by atoms with Crippen molar-refractivity contribution in [3.8, 4) is 0 Å². The number of benzene rings is 3. The van der Waals surface area contributed by atoms with Crippen molar-refractivity contribution < 1.29 is 14.4 Å². The highest BCUT2D eigenvalue weighted by Crippen LogP contribution is 2.43. The number of fused-ring (bicyclic) bond motifs is 2. The van der Waals surface area contributed by atoms with Crippen LogP contribution < -0.4 is 4.90 Å². The van der Waals surface area contributed by atoms with Crippen LogP contribution in [0, 0.1) is 11.8 Å². The summed E-state index contributed by atoms with van der Waals surface area (Å²) in [6.07, 6.45) is 1.17. The minimum atomic E-state index is -0.366. The Morgan fingerprint density at radius 3 is 2.00 bits per heavy atom. The second kappa shape index (κ2) is 9.03. The molecule has 33 heavy (non-hydrogen) atoms. The highest BCUT2D eigenvalue weighted by atomic mass is 79.9. The second-order valence-electron chi connectivity index (χ2n) is 8.58. The number of halogens is 2. The quantitative estimate of drug-likeness (QED) is 0.311. The van der Waals surface area contributed by atoms with E-state index in [4.69, 9.17) is 0 Å². The van der Waals surface area contributed by atoms with Crippen LogP contribution in [0.3, 0.4) is 0 Å². The van der Waals surface area contributed by atoms with Gasteiger partial charge in [0.1, 0.15) is 6.54 Å². The number of nitrogens with zero attached hydrogens (tertiary/aromatic N) is 2. The molecule has 168 valence electrons. The van der Waals surface area contributed by atoms with Gasteiger partial charge in [0.25, 0.3) is 5.91 Å². The second-order valence-corrected chi connectivity index (χ2v) is 10.9. The maximum atomic E-state index is 13.6. The molecule has 0 radical (unpaired) electrons. The SMILES string of the molecule is O=C1[C@@H]2C[C@H](Br)[C@@H](Br)C[C@H]2C(=O)N1CC(=O)N(c1ccccc1)c1ccc2ccccc2c1. The fourth-order valence-corrected chi connectivity index (χ4v) is 6.09. The van der Waals surface area contributed by atoms with Crippen LogP contribution in [0.5, 0.6) is 0 Å². The van der Waals surface area contributed by atoms with Crippen LogP contribution in [0.25, 0.3) is 10.8 Å². The van der Waals surface area contributed by atoms with Gasteiger partial charge in [0.2, 0.25) is 11.8 Å². The molecule has 0 spiro atoms. The van der Waals surface area contributed by atoms with E-state index in [1.54, 1.807) is 4.90 Å². The van der Waals surface area contributed by atoms with Crippen molar-refractivity contribution in [1.29, 1.82) is 0 Å². The number of carbonyl (C=O) groups is 3. The molecule has 3 amide bonds. The predicted octanol–water partition coefficient (Wildman–Crippen LogP) is 5.43. The molecular formula is C26H22Br2N2O3. The maximum Gasteiger partial charge on any atom is 0.251 e. The van der Waals surface area contributed by atoms with Crippen LogP contribution in [-0.2, 0) is 14.4 Å². The van der Waals surface area contributed by atoms with Crippen LogP contribution in [0.1, 0.15) is 12.8 Å². The van der Waals surface area contributed by atoms with Gasteiger partial charge in [-0.1, -0.05) is 80.4 Å². The van der Waals surface area contributed by atoms with Gasteiger partial charge in [-0.3, -0.25) is 24.2 Å². The van der Waals surface area contributed by atoms with Crippen molar-refractivity contribution in [3.63, 3.8) is 0 Å². The zero-order valence-corrected chi connectivity index (χ0v) is 20.9. The van der Waals surface area contributed by atoms with Crippen molar-refractivity contribution in [2.24, 2.45) is 11.8 Å². The lowest BCUT2D eigenvalue weighted by Gasteiger charge is -2.29. The van der Waals surface area contributed by atoms with E-state index in [0.717, 1.165) is 10.8 Å². The van der Waals surface area contributed by atoms with E-state index in [1.165, 1.54) is 4.90 Å². The molecule has 0 N–H and O–H groups in total. The monoisotopic (exact) mass is 568 g/mol. The molecule has 3 aromatic rings. The van der Waals surface area contributed by atoms with E-state index in [-0.39, 0.29) is 45.8 Å². The molecule has 0 unspecified atom stereocenters. The fourth-order valence-electron chi connectivity index (χ4n) is 4.86. The number of hydrogen-bond donors (Lipinski definition) is 0. The molecule has 4 atom stereocenters. The van der Waals surface area contributed by atoms with Gasteiger partial charge < -0.3 is 0 Å². The molecule has 3 aromatic carbocycles. The number of anilines is 2. The fraction of sp³-hybridized carbons (Fsp3) is 0.269. The first-order valence-electron chi connectivity index (χ1n) is 10.9. The Morgan fingerprint density at radius 2 is 1.36 bits per heavy atom. The summed E-state index contributed by atoms with van der Waals surface area (Å²) in [6.45, 7) is -0.272. The zero-order chi connectivity index (χ0) is 23.1. The first-order chi connectivity index (χ1) is 15.9. The third kappa shape index (κ3) is 4.13. The minimum Gasteiger partial charge on any atom is -0.280 e. The number of rotatable bonds is 4. The summed E-state index contributed by atoms with van der Waals surface area (Å²) in [4.78, 5) is 42.9. The summed E-state index contributed by atoms with van der Waals surface area (Å²) in [5, 5.41) is 2.08. The molecule has 1 aliphatic carbocycles. The summed E-state index contributed by atoms with van der Waals surface area (Å²) in [5.41, 5.74) is 1.39. The van der Waals surface area contributed by atoms with Crippen molar-refractivity contribution in [1.82, 2.24) is 4.90 Å². The number of likely N-dealkylation sites (tertiary alicyclic amines) is 1. The Labute approximate surface area is 209 Å². The number of hydrogen-bond acceptors (Lipinski definition) is 3. The molecule has 2 aliphatic rings.